The molecule has 4 aromatic rings. The van der Waals surface area contributed by atoms with Gasteiger partial charge in [0.2, 0.25) is 0 Å². The topological polar surface area (TPSA) is 108 Å². The number of benzene rings is 2. The predicted octanol–water partition coefficient (Wildman–Crippen LogP) is 1.40. The van der Waals surface area contributed by atoms with Gasteiger partial charge in [-0.15, -0.1) is 0 Å². The van der Waals surface area contributed by atoms with Crippen LogP contribution < -0.4 is 26.6 Å². The highest BCUT2D eigenvalue weighted by atomic mass is 16.5. The molecule has 31 heavy (non-hydrogen) atoms. The number of rotatable bonds is 5. The van der Waals surface area contributed by atoms with Crippen molar-refractivity contribution in [2.24, 2.45) is 0 Å². The average molecular weight is 413 g/mol. The lowest BCUT2D eigenvalue weighted by Gasteiger charge is -2.05. The van der Waals surface area contributed by atoms with Gasteiger partial charge in [-0.25, -0.2) is 0 Å². The first-order valence-electron chi connectivity index (χ1n) is 9.55. The van der Waals surface area contributed by atoms with Gasteiger partial charge < -0.3 is 19.8 Å². The van der Waals surface area contributed by atoms with Crippen LogP contribution in [0.3, 0.4) is 0 Å². The minimum absolute atomic E-state index is 0.0692. The second kappa shape index (κ2) is 8.96. The zero-order valence-electron chi connectivity index (χ0n) is 16.4. The molecule has 0 amide bonds. The van der Waals surface area contributed by atoms with Crippen molar-refractivity contribution < 1.29 is 9.84 Å². The standard InChI is InChI=1S/C24H19N3O4/c28-19-8-4-7-17(11-19)12-21-23(29)27-22(24(30)26-21)13-18-9-10-20(14-25-18)31-15-16-5-2-1-3-6-16/h1-14,28H,15H2,(H,26,30)(H,27,29). The molecule has 0 saturated carbocycles. The zero-order valence-corrected chi connectivity index (χ0v) is 16.4. The average Bonchev–Trinajstić information content (AvgIpc) is 2.77. The number of hydrogen-bond acceptors (Lipinski definition) is 5. The summed E-state index contributed by atoms with van der Waals surface area (Å²) in [5, 5.41) is 9.71. The van der Waals surface area contributed by atoms with E-state index in [0.717, 1.165) is 5.56 Å². The van der Waals surface area contributed by atoms with Gasteiger partial charge >= 0.3 is 0 Å². The second-order valence-corrected chi connectivity index (χ2v) is 6.81. The molecule has 0 spiro atoms. The van der Waals surface area contributed by atoms with Crippen LogP contribution in [0, 0.1) is 0 Å². The monoisotopic (exact) mass is 413 g/mol. The molecular weight excluding hydrogens is 394 g/mol. The highest BCUT2D eigenvalue weighted by Crippen LogP contribution is 2.12. The minimum Gasteiger partial charge on any atom is -0.508 e. The van der Waals surface area contributed by atoms with E-state index in [1.807, 2.05) is 30.3 Å². The number of pyridine rings is 1. The van der Waals surface area contributed by atoms with Gasteiger partial charge in [-0.2, -0.15) is 0 Å². The first kappa shape index (κ1) is 19.9. The third kappa shape index (κ3) is 5.16. The van der Waals surface area contributed by atoms with E-state index in [-0.39, 0.29) is 16.4 Å². The summed E-state index contributed by atoms with van der Waals surface area (Å²) >= 11 is 0. The van der Waals surface area contributed by atoms with Crippen LogP contribution in [-0.2, 0) is 6.61 Å². The zero-order chi connectivity index (χ0) is 21.6. The van der Waals surface area contributed by atoms with E-state index in [0.29, 0.717) is 23.6 Å². The molecule has 0 atom stereocenters. The largest absolute Gasteiger partial charge is 0.508 e. The summed E-state index contributed by atoms with van der Waals surface area (Å²) in [5.41, 5.74) is 1.21. The first-order valence-corrected chi connectivity index (χ1v) is 9.55. The maximum atomic E-state index is 12.4. The SMILES string of the molecule is O=c1[nH]c(=Cc2ccc(OCc3ccccc3)cn2)c(=O)[nH]c1=Cc1cccc(O)c1. The van der Waals surface area contributed by atoms with Gasteiger partial charge in [0.15, 0.2) is 0 Å². The van der Waals surface area contributed by atoms with Gasteiger partial charge in [-0.05, 0) is 47.5 Å². The number of hydrogen-bond donors (Lipinski definition) is 3. The van der Waals surface area contributed by atoms with Gasteiger partial charge in [0.25, 0.3) is 11.1 Å². The van der Waals surface area contributed by atoms with Crippen molar-refractivity contribution in [3.63, 3.8) is 0 Å². The molecule has 154 valence electrons. The Kier molecular flexibility index (Phi) is 5.75. The highest BCUT2D eigenvalue weighted by Gasteiger charge is 2.00. The number of ether oxygens (including phenoxy) is 1. The molecule has 0 aliphatic rings. The predicted molar refractivity (Wildman–Crippen MR) is 117 cm³/mol. The lowest BCUT2D eigenvalue weighted by atomic mass is 10.2. The molecule has 7 heteroatoms. The van der Waals surface area contributed by atoms with Crippen LogP contribution in [0.15, 0.2) is 82.5 Å². The van der Waals surface area contributed by atoms with E-state index in [1.165, 1.54) is 24.3 Å². The van der Waals surface area contributed by atoms with E-state index >= 15 is 0 Å². The fraction of sp³-hybridized carbons (Fsp3) is 0.0417. The summed E-state index contributed by atoms with van der Waals surface area (Å²) in [7, 11) is 0. The summed E-state index contributed by atoms with van der Waals surface area (Å²) in [6, 6.07) is 19.6. The smallest absolute Gasteiger partial charge is 0.272 e. The minimum atomic E-state index is -0.461. The molecule has 2 aromatic carbocycles. The van der Waals surface area contributed by atoms with Crippen molar-refractivity contribution in [1.29, 1.82) is 0 Å². The van der Waals surface area contributed by atoms with E-state index in [2.05, 4.69) is 15.0 Å². The van der Waals surface area contributed by atoms with Crippen molar-refractivity contribution in [2.45, 2.75) is 6.61 Å². The number of aromatic nitrogens is 3. The maximum absolute atomic E-state index is 12.4. The molecule has 0 saturated heterocycles. The van der Waals surface area contributed by atoms with E-state index < -0.39 is 11.1 Å². The molecular formula is C24H19N3O4. The summed E-state index contributed by atoms with van der Waals surface area (Å²) in [6.45, 7) is 0.426. The second-order valence-electron chi connectivity index (χ2n) is 6.81. The van der Waals surface area contributed by atoms with Crippen molar-refractivity contribution in [2.75, 3.05) is 0 Å². The number of aromatic hydroxyl groups is 1. The summed E-state index contributed by atoms with van der Waals surface area (Å²) < 4.78 is 5.70. The lowest BCUT2D eigenvalue weighted by molar-refractivity contribution is 0.305. The molecule has 2 aromatic heterocycles. The van der Waals surface area contributed by atoms with Crippen LogP contribution >= 0.6 is 0 Å². The molecule has 0 aliphatic heterocycles. The Balaban J connectivity index is 1.57. The lowest BCUT2D eigenvalue weighted by Crippen LogP contribution is -2.46. The summed E-state index contributed by atoms with van der Waals surface area (Å²) in [6.07, 6.45) is 4.53. The van der Waals surface area contributed by atoms with Crippen molar-refractivity contribution in [1.82, 2.24) is 15.0 Å². The van der Waals surface area contributed by atoms with E-state index in [4.69, 9.17) is 4.74 Å². The molecule has 0 fully saturated rings. The van der Waals surface area contributed by atoms with Crippen molar-refractivity contribution in [3.05, 3.63) is 121 Å². The van der Waals surface area contributed by atoms with Crippen LogP contribution in [0.2, 0.25) is 0 Å². The number of phenols is 1. The van der Waals surface area contributed by atoms with Gasteiger partial charge in [0.05, 0.1) is 11.9 Å². The first-order chi connectivity index (χ1) is 15.1. The van der Waals surface area contributed by atoms with Crippen LogP contribution in [0.25, 0.3) is 12.2 Å². The fourth-order valence-electron chi connectivity index (χ4n) is 2.93. The number of nitrogens with one attached hydrogen (secondary N) is 2. The van der Waals surface area contributed by atoms with Gasteiger partial charge in [-0.3, -0.25) is 14.6 Å². The Bertz CT molecular complexity index is 1420. The number of aromatic amines is 2. The van der Waals surface area contributed by atoms with Crippen molar-refractivity contribution >= 4 is 12.2 Å². The molecule has 0 radical (unpaired) electrons. The number of phenolic OH excluding ortho intramolecular Hbond substituents is 1. The van der Waals surface area contributed by atoms with Crippen LogP contribution in [0.4, 0.5) is 0 Å². The molecule has 0 aliphatic carbocycles. The van der Waals surface area contributed by atoms with Crippen LogP contribution in [0.5, 0.6) is 11.5 Å². The summed E-state index contributed by atoms with van der Waals surface area (Å²) in [5.74, 6) is 0.666. The number of nitrogens with zero attached hydrogens (tertiary/aromatic N) is 1. The van der Waals surface area contributed by atoms with Gasteiger partial charge in [0, 0.05) is 0 Å². The van der Waals surface area contributed by atoms with Gasteiger partial charge in [0.1, 0.15) is 28.8 Å². The molecule has 7 nitrogen and oxygen atoms in total. The molecule has 0 bridgehead atoms. The third-order valence-corrected chi connectivity index (χ3v) is 4.47. The van der Waals surface area contributed by atoms with Crippen LogP contribution in [0.1, 0.15) is 16.8 Å². The van der Waals surface area contributed by atoms with E-state index in [1.54, 1.807) is 30.5 Å². The Hall–Kier alpha value is -4.39. The van der Waals surface area contributed by atoms with E-state index in [9.17, 15) is 14.7 Å². The molecule has 0 unspecified atom stereocenters. The highest BCUT2D eigenvalue weighted by molar-refractivity contribution is 5.50. The number of H-pyrrole nitrogens is 2. The Morgan fingerprint density at radius 2 is 1.61 bits per heavy atom. The fourth-order valence-corrected chi connectivity index (χ4v) is 2.93. The molecule has 4 rings (SSSR count). The van der Waals surface area contributed by atoms with Crippen molar-refractivity contribution in [3.8, 4) is 11.5 Å². The summed E-state index contributed by atoms with van der Waals surface area (Å²) in [4.78, 5) is 34.2. The third-order valence-electron chi connectivity index (χ3n) is 4.47. The molecule has 2 heterocycles. The Morgan fingerprint density at radius 3 is 2.29 bits per heavy atom. The quantitative estimate of drug-likeness (QED) is 0.458. The Morgan fingerprint density at radius 1 is 0.871 bits per heavy atom. The normalized spacial score (nSPS) is 12.1. The molecule has 3 N–H and O–H groups in total. The van der Waals surface area contributed by atoms with Gasteiger partial charge in [-0.1, -0.05) is 42.5 Å². The Labute approximate surface area is 176 Å². The van der Waals surface area contributed by atoms with Crippen LogP contribution in [-0.4, -0.2) is 20.1 Å². The maximum Gasteiger partial charge on any atom is 0.272 e.